The number of likely N-dealkylation sites (tertiary alicyclic amines) is 1. The Hall–Kier alpha value is -2.34. The van der Waals surface area contributed by atoms with Gasteiger partial charge in [0.25, 0.3) is 0 Å². The van der Waals surface area contributed by atoms with Gasteiger partial charge in [-0.1, -0.05) is 19.8 Å². The Kier molecular flexibility index (Phi) is 9.96. The first-order valence-corrected chi connectivity index (χ1v) is 12.4. The van der Waals surface area contributed by atoms with Gasteiger partial charge >= 0.3 is 6.36 Å². The highest BCUT2D eigenvalue weighted by atomic mass is 32.2. The van der Waals surface area contributed by atoms with Crippen molar-refractivity contribution in [3.8, 4) is 5.75 Å². The lowest BCUT2D eigenvalue weighted by atomic mass is 9.95. The summed E-state index contributed by atoms with van der Waals surface area (Å²) in [7, 11) is -3.99. The van der Waals surface area contributed by atoms with Crippen molar-refractivity contribution in [3.05, 3.63) is 24.3 Å². The van der Waals surface area contributed by atoms with Gasteiger partial charge in [0.05, 0.1) is 4.90 Å². The van der Waals surface area contributed by atoms with Crippen LogP contribution in [0.15, 0.2) is 29.2 Å². The first-order chi connectivity index (χ1) is 15.5. The minimum atomic E-state index is -4.87. The van der Waals surface area contributed by atoms with Crippen LogP contribution in [0, 0.1) is 5.92 Å². The molecule has 1 heterocycles. The number of unbranched alkanes of at least 4 members (excludes halogenated alkanes) is 2. The molecule has 0 bridgehead atoms. The van der Waals surface area contributed by atoms with E-state index in [1.807, 2.05) is 0 Å². The molecule has 2 N–H and O–H groups in total. The molecule has 12 heteroatoms. The van der Waals surface area contributed by atoms with Gasteiger partial charge in [-0.15, -0.1) is 13.2 Å². The van der Waals surface area contributed by atoms with E-state index >= 15 is 0 Å². The van der Waals surface area contributed by atoms with Gasteiger partial charge in [-0.25, -0.2) is 13.1 Å². The van der Waals surface area contributed by atoms with Crippen molar-refractivity contribution in [2.75, 3.05) is 26.2 Å². The van der Waals surface area contributed by atoms with Crippen LogP contribution in [0.5, 0.6) is 5.75 Å². The van der Waals surface area contributed by atoms with Crippen molar-refractivity contribution >= 4 is 21.8 Å². The van der Waals surface area contributed by atoms with Crippen molar-refractivity contribution in [1.29, 1.82) is 0 Å². The maximum atomic E-state index is 12.4. The lowest BCUT2D eigenvalue weighted by molar-refractivity contribution is -0.274. The zero-order valence-electron chi connectivity index (χ0n) is 18.5. The number of carbonyl (C=O) groups excluding carboxylic acids is 2. The molecule has 2 amide bonds. The first-order valence-electron chi connectivity index (χ1n) is 10.9. The van der Waals surface area contributed by atoms with E-state index in [0.717, 1.165) is 43.5 Å². The van der Waals surface area contributed by atoms with Crippen LogP contribution in [-0.4, -0.2) is 57.7 Å². The highest BCUT2D eigenvalue weighted by molar-refractivity contribution is 7.89. The van der Waals surface area contributed by atoms with Gasteiger partial charge in [0.2, 0.25) is 21.8 Å². The second-order valence-corrected chi connectivity index (χ2v) is 9.59. The molecule has 1 saturated heterocycles. The lowest BCUT2D eigenvalue weighted by Crippen LogP contribution is -2.43. The van der Waals surface area contributed by atoms with Crippen LogP contribution < -0.4 is 14.8 Å². The van der Waals surface area contributed by atoms with Gasteiger partial charge in [-0.3, -0.25) is 9.59 Å². The van der Waals surface area contributed by atoms with E-state index in [1.165, 1.54) is 0 Å². The highest BCUT2D eigenvalue weighted by Gasteiger charge is 2.31. The van der Waals surface area contributed by atoms with Gasteiger partial charge in [-0.05, 0) is 43.5 Å². The van der Waals surface area contributed by atoms with E-state index in [4.69, 9.17) is 0 Å². The van der Waals surface area contributed by atoms with Gasteiger partial charge in [0, 0.05) is 38.5 Å². The Morgan fingerprint density at radius 1 is 1.09 bits per heavy atom. The Morgan fingerprint density at radius 3 is 2.30 bits per heavy atom. The number of sulfonamides is 1. The molecule has 1 aromatic carbocycles. The molecule has 2 rings (SSSR count). The number of rotatable bonds is 11. The fraction of sp³-hybridized carbons (Fsp3) is 0.619. The molecule has 33 heavy (non-hydrogen) atoms. The number of benzene rings is 1. The molecule has 1 aliphatic rings. The molecular weight excluding hydrogens is 463 g/mol. The van der Waals surface area contributed by atoms with Gasteiger partial charge in [0.1, 0.15) is 5.75 Å². The van der Waals surface area contributed by atoms with Crippen molar-refractivity contribution in [2.45, 2.75) is 56.7 Å². The Bertz CT molecular complexity index is 883. The number of alkyl halides is 3. The standard InChI is InChI=1S/C21H30F3N3O5S/c1-2-3-4-12-25-20(29)16-10-14-27(15-11-16)19(28)9-13-26-33(30,31)18-7-5-17(6-8-18)32-21(22,23)24/h5-8,16,26H,2-4,9-15H2,1H3,(H,25,29). The van der Waals surface area contributed by atoms with Crippen LogP contribution in [0.1, 0.15) is 45.4 Å². The van der Waals surface area contributed by atoms with E-state index in [2.05, 4.69) is 21.7 Å². The molecule has 0 saturated carbocycles. The van der Waals surface area contributed by atoms with Crippen molar-refractivity contribution in [3.63, 3.8) is 0 Å². The topological polar surface area (TPSA) is 105 Å². The zero-order chi connectivity index (χ0) is 24.5. The molecule has 0 aromatic heterocycles. The predicted molar refractivity (Wildman–Crippen MR) is 115 cm³/mol. The number of nitrogens with zero attached hydrogens (tertiary/aromatic N) is 1. The largest absolute Gasteiger partial charge is 0.573 e. The maximum Gasteiger partial charge on any atom is 0.573 e. The van der Waals surface area contributed by atoms with E-state index in [1.54, 1.807) is 4.90 Å². The molecule has 186 valence electrons. The van der Waals surface area contributed by atoms with Crippen LogP contribution in [-0.2, 0) is 19.6 Å². The minimum Gasteiger partial charge on any atom is -0.406 e. The Labute approximate surface area is 191 Å². The third kappa shape index (κ3) is 9.20. The van der Waals surface area contributed by atoms with Crippen LogP contribution >= 0.6 is 0 Å². The van der Waals surface area contributed by atoms with E-state index in [-0.39, 0.29) is 35.6 Å². The molecule has 0 atom stereocenters. The van der Waals surface area contributed by atoms with Gasteiger partial charge < -0.3 is 15.0 Å². The molecule has 1 fully saturated rings. The van der Waals surface area contributed by atoms with Gasteiger partial charge in [0.15, 0.2) is 0 Å². The summed E-state index contributed by atoms with van der Waals surface area (Å²) in [6.07, 6.45) is -0.730. The molecule has 8 nitrogen and oxygen atoms in total. The molecule has 1 aromatic rings. The molecule has 0 radical (unpaired) electrons. The second-order valence-electron chi connectivity index (χ2n) is 7.82. The van der Waals surface area contributed by atoms with E-state index < -0.39 is 22.1 Å². The van der Waals surface area contributed by atoms with E-state index in [0.29, 0.717) is 32.5 Å². The number of amides is 2. The summed E-state index contributed by atoms with van der Waals surface area (Å²) in [6.45, 7) is 3.45. The number of hydrogen-bond donors (Lipinski definition) is 2. The number of carbonyl (C=O) groups is 2. The smallest absolute Gasteiger partial charge is 0.406 e. The van der Waals surface area contributed by atoms with Crippen LogP contribution in [0.3, 0.4) is 0 Å². The molecule has 0 aliphatic carbocycles. The third-order valence-electron chi connectivity index (χ3n) is 5.30. The summed E-state index contributed by atoms with van der Waals surface area (Å²) in [6, 6.07) is 3.78. The summed E-state index contributed by atoms with van der Waals surface area (Å²) < 4.78 is 67.2. The molecule has 0 spiro atoms. The Balaban J connectivity index is 1.74. The predicted octanol–water partition coefficient (Wildman–Crippen LogP) is 2.80. The normalized spacial score (nSPS) is 15.3. The average molecular weight is 494 g/mol. The fourth-order valence-electron chi connectivity index (χ4n) is 3.48. The first kappa shape index (κ1) is 26.9. The van der Waals surface area contributed by atoms with Crippen molar-refractivity contribution < 1.29 is 35.9 Å². The minimum absolute atomic E-state index is 0.0117. The van der Waals surface area contributed by atoms with Crippen molar-refractivity contribution in [2.24, 2.45) is 5.92 Å². The SMILES string of the molecule is CCCCCNC(=O)C1CCN(C(=O)CCNS(=O)(=O)c2ccc(OC(F)(F)F)cc2)CC1. The fourth-order valence-corrected chi connectivity index (χ4v) is 4.51. The summed E-state index contributed by atoms with van der Waals surface area (Å²) in [5, 5.41) is 2.93. The highest BCUT2D eigenvalue weighted by Crippen LogP contribution is 2.24. The molecular formula is C21H30F3N3O5S. The quantitative estimate of drug-likeness (QED) is 0.462. The number of ether oxygens (including phenoxy) is 1. The zero-order valence-corrected chi connectivity index (χ0v) is 19.3. The third-order valence-corrected chi connectivity index (χ3v) is 6.77. The molecule has 1 aliphatic heterocycles. The maximum absolute atomic E-state index is 12.4. The summed E-state index contributed by atoms with van der Waals surface area (Å²) in [5.41, 5.74) is 0. The average Bonchev–Trinajstić information content (AvgIpc) is 2.76. The van der Waals surface area contributed by atoms with Crippen LogP contribution in [0.4, 0.5) is 13.2 Å². The monoisotopic (exact) mass is 493 g/mol. The Morgan fingerprint density at radius 2 is 1.73 bits per heavy atom. The van der Waals surface area contributed by atoms with Crippen molar-refractivity contribution in [1.82, 2.24) is 14.9 Å². The van der Waals surface area contributed by atoms with Crippen LogP contribution in [0.2, 0.25) is 0 Å². The number of hydrogen-bond acceptors (Lipinski definition) is 5. The van der Waals surface area contributed by atoms with E-state index in [9.17, 15) is 31.2 Å². The lowest BCUT2D eigenvalue weighted by Gasteiger charge is -2.31. The summed E-state index contributed by atoms with van der Waals surface area (Å²) >= 11 is 0. The number of piperidine rings is 1. The number of halogens is 3. The van der Waals surface area contributed by atoms with Gasteiger partial charge in [-0.2, -0.15) is 0 Å². The summed E-state index contributed by atoms with van der Waals surface area (Å²) in [5.74, 6) is -0.876. The molecule has 0 unspecified atom stereocenters. The van der Waals surface area contributed by atoms with Crippen LogP contribution in [0.25, 0.3) is 0 Å². The summed E-state index contributed by atoms with van der Waals surface area (Å²) in [4.78, 5) is 25.9. The number of nitrogens with one attached hydrogen (secondary N) is 2. The second kappa shape index (κ2) is 12.2.